The Morgan fingerprint density at radius 2 is 1.56 bits per heavy atom. The Balaban J connectivity index is 2.18. The maximum absolute atomic E-state index is 13.2. The Morgan fingerprint density at radius 3 is 2.08 bits per heavy atom. The van der Waals surface area contributed by atoms with Crippen LogP contribution in [-0.4, -0.2) is 20.9 Å². The zero-order valence-electron chi connectivity index (χ0n) is 12.1. The number of nitrogens with zero attached hydrogens (tertiary/aromatic N) is 3. The van der Waals surface area contributed by atoms with Crippen molar-refractivity contribution in [3.05, 3.63) is 53.3 Å². The number of rotatable bonds is 2. The van der Waals surface area contributed by atoms with Gasteiger partial charge in [0.05, 0.1) is 11.3 Å². The fourth-order valence-corrected chi connectivity index (χ4v) is 2.23. The molecule has 4 nitrogen and oxygen atoms in total. The number of hydrogen-bond acceptors (Lipinski definition) is 3. The summed E-state index contributed by atoms with van der Waals surface area (Å²) in [5.74, 6) is 0. The smallest absolute Gasteiger partial charge is 0.296 e. The molecule has 130 valence electrons. The van der Waals surface area contributed by atoms with Gasteiger partial charge in [0.15, 0.2) is 17.6 Å². The molecule has 2 aromatic heterocycles. The third-order valence-corrected chi connectivity index (χ3v) is 3.37. The van der Waals surface area contributed by atoms with Crippen LogP contribution in [0.2, 0.25) is 0 Å². The van der Waals surface area contributed by atoms with Crippen LogP contribution in [0.15, 0.2) is 36.4 Å². The van der Waals surface area contributed by atoms with Gasteiger partial charge in [0.2, 0.25) is 0 Å². The highest BCUT2D eigenvalue weighted by Gasteiger charge is 2.35. The molecule has 0 radical (unpaired) electrons. The van der Waals surface area contributed by atoms with Crippen molar-refractivity contribution >= 4 is 11.9 Å². The summed E-state index contributed by atoms with van der Waals surface area (Å²) in [5, 5.41) is 3.50. The standard InChI is InChI=1S/C15H7F6N3O/c16-14(17,18)9-3-1-8(2-4-9)11-6-12(15(19,20)21)24-13(22-11)5-10(7-25)23-24/h1-7H. The van der Waals surface area contributed by atoms with Crippen LogP contribution in [0.5, 0.6) is 0 Å². The lowest BCUT2D eigenvalue weighted by molar-refractivity contribution is -0.142. The third-order valence-electron chi connectivity index (χ3n) is 3.37. The summed E-state index contributed by atoms with van der Waals surface area (Å²) in [6.45, 7) is 0. The molecule has 0 unspecified atom stereocenters. The van der Waals surface area contributed by atoms with Gasteiger partial charge in [-0.1, -0.05) is 12.1 Å². The second-order valence-electron chi connectivity index (χ2n) is 5.06. The van der Waals surface area contributed by atoms with E-state index in [0.717, 1.165) is 30.3 Å². The summed E-state index contributed by atoms with van der Waals surface area (Å²) in [6, 6.07) is 5.27. The van der Waals surface area contributed by atoms with Crippen LogP contribution < -0.4 is 0 Å². The topological polar surface area (TPSA) is 47.3 Å². The predicted octanol–water partition coefficient (Wildman–Crippen LogP) is 4.25. The van der Waals surface area contributed by atoms with Crippen LogP contribution >= 0.6 is 0 Å². The molecule has 0 saturated carbocycles. The molecule has 0 amide bonds. The van der Waals surface area contributed by atoms with E-state index in [-0.39, 0.29) is 28.9 Å². The lowest BCUT2D eigenvalue weighted by Crippen LogP contribution is -2.13. The minimum atomic E-state index is -4.80. The molecule has 0 saturated heterocycles. The number of carbonyl (C=O) groups excluding carboxylic acids is 1. The fraction of sp³-hybridized carbons (Fsp3) is 0.133. The molecule has 0 bridgehead atoms. The van der Waals surface area contributed by atoms with Crippen LogP contribution in [0.1, 0.15) is 21.7 Å². The number of benzene rings is 1. The predicted molar refractivity (Wildman–Crippen MR) is 73.8 cm³/mol. The first-order chi connectivity index (χ1) is 11.6. The lowest BCUT2D eigenvalue weighted by atomic mass is 10.1. The summed E-state index contributed by atoms with van der Waals surface area (Å²) in [7, 11) is 0. The molecule has 0 fully saturated rings. The van der Waals surface area contributed by atoms with E-state index in [2.05, 4.69) is 10.1 Å². The maximum Gasteiger partial charge on any atom is 0.433 e. The fourth-order valence-electron chi connectivity index (χ4n) is 2.23. The van der Waals surface area contributed by atoms with E-state index in [1.165, 1.54) is 0 Å². The molecule has 3 aromatic rings. The van der Waals surface area contributed by atoms with E-state index in [0.29, 0.717) is 10.6 Å². The van der Waals surface area contributed by atoms with Gasteiger partial charge in [-0.2, -0.15) is 31.4 Å². The normalized spacial score (nSPS) is 12.6. The van der Waals surface area contributed by atoms with Gasteiger partial charge in [0, 0.05) is 11.6 Å². The van der Waals surface area contributed by atoms with Crippen LogP contribution in [0.3, 0.4) is 0 Å². The lowest BCUT2D eigenvalue weighted by Gasteiger charge is -2.11. The average molecular weight is 359 g/mol. The van der Waals surface area contributed by atoms with Crippen LogP contribution in [-0.2, 0) is 12.4 Å². The Morgan fingerprint density at radius 1 is 0.920 bits per heavy atom. The summed E-state index contributed by atoms with van der Waals surface area (Å²) in [4.78, 5) is 14.7. The molecule has 0 atom stereocenters. The number of aldehydes is 1. The number of carbonyl (C=O) groups is 1. The Hall–Kier alpha value is -2.91. The molecular weight excluding hydrogens is 352 g/mol. The summed E-state index contributed by atoms with van der Waals surface area (Å²) < 4.78 is 77.9. The Kier molecular flexibility index (Phi) is 3.77. The first-order valence-electron chi connectivity index (χ1n) is 6.70. The molecular formula is C15H7F6N3O. The number of fused-ring (bicyclic) bond motifs is 1. The largest absolute Gasteiger partial charge is 0.433 e. The van der Waals surface area contributed by atoms with Gasteiger partial charge in [-0.3, -0.25) is 4.79 Å². The van der Waals surface area contributed by atoms with E-state index in [1.807, 2.05) is 0 Å². The van der Waals surface area contributed by atoms with Gasteiger partial charge in [0.25, 0.3) is 0 Å². The van der Waals surface area contributed by atoms with Crippen LogP contribution in [0, 0.1) is 0 Å². The van der Waals surface area contributed by atoms with Gasteiger partial charge >= 0.3 is 12.4 Å². The van der Waals surface area contributed by atoms with E-state index in [1.54, 1.807) is 0 Å². The minimum absolute atomic E-state index is 0.0647. The highest BCUT2D eigenvalue weighted by molar-refractivity contribution is 5.75. The van der Waals surface area contributed by atoms with Crippen LogP contribution in [0.25, 0.3) is 16.9 Å². The molecule has 0 N–H and O–H groups in total. The first-order valence-corrected chi connectivity index (χ1v) is 6.70. The molecule has 0 aliphatic heterocycles. The summed E-state index contributed by atoms with van der Waals surface area (Å²) in [6.07, 6.45) is -9.09. The molecule has 0 spiro atoms. The van der Waals surface area contributed by atoms with Gasteiger partial charge in [0.1, 0.15) is 5.69 Å². The average Bonchev–Trinajstić information content (AvgIpc) is 2.95. The van der Waals surface area contributed by atoms with Crippen molar-refractivity contribution in [2.75, 3.05) is 0 Å². The van der Waals surface area contributed by atoms with Gasteiger partial charge < -0.3 is 0 Å². The van der Waals surface area contributed by atoms with E-state index in [9.17, 15) is 31.1 Å². The SMILES string of the molecule is O=Cc1cc2nc(-c3ccc(C(F)(F)F)cc3)cc(C(F)(F)F)n2n1. The van der Waals surface area contributed by atoms with Crippen molar-refractivity contribution in [3.63, 3.8) is 0 Å². The highest BCUT2D eigenvalue weighted by atomic mass is 19.4. The highest BCUT2D eigenvalue weighted by Crippen LogP contribution is 2.34. The zero-order chi connectivity index (χ0) is 18.4. The first kappa shape index (κ1) is 16.9. The van der Waals surface area contributed by atoms with Crippen molar-refractivity contribution in [1.82, 2.24) is 14.6 Å². The molecule has 2 heterocycles. The van der Waals surface area contributed by atoms with Gasteiger partial charge in [-0.15, -0.1) is 0 Å². The summed E-state index contributed by atoms with van der Waals surface area (Å²) in [5.41, 5.74) is -2.74. The van der Waals surface area contributed by atoms with Crippen molar-refractivity contribution in [2.45, 2.75) is 12.4 Å². The quantitative estimate of drug-likeness (QED) is 0.508. The molecule has 1 aromatic carbocycles. The van der Waals surface area contributed by atoms with Gasteiger partial charge in [-0.05, 0) is 18.2 Å². The van der Waals surface area contributed by atoms with Crippen LogP contribution in [0.4, 0.5) is 26.3 Å². The molecule has 0 aliphatic carbocycles. The van der Waals surface area contributed by atoms with E-state index < -0.39 is 23.6 Å². The van der Waals surface area contributed by atoms with Crippen molar-refractivity contribution in [3.8, 4) is 11.3 Å². The minimum Gasteiger partial charge on any atom is -0.296 e. The second kappa shape index (κ2) is 5.57. The number of aromatic nitrogens is 3. The molecule has 10 heteroatoms. The number of halogens is 6. The second-order valence-corrected chi connectivity index (χ2v) is 5.06. The Labute approximate surface area is 135 Å². The Bertz CT molecular complexity index is 941. The molecule has 25 heavy (non-hydrogen) atoms. The third kappa shape index (κ3) is 3.19. The van der Waals surface area contributed by atoms with E-state index >= 15 is 0 Å². The van der Waals surface area contributed by atoms with Gasteiger partial charge in [-0.25, -0.2) is 9.50 Å². The van der Waals surface area contributed by atoms with Crippen molar-refractivity contribution < 1.29 is 31.1 Å². The number of hydrogen-bond donors (Lipinski definition) is 0. The number of alkyl halides is 6. The van der Waals surface area contributed by atoms with Crippen molar-refractivity contribution in [1.29, 1.82) is 0 Å². The molecule has 3 rings (SSSR count). The summed E-state index contributed by atoms with van der Waals surface area (Å²) >= 11 is 0. The van der Waals surface area contributed by atoms with Crippen molar-refractivity contribution in [2.24, 2.45) is 0 Å². The monoisotopic (exact) mass is 359 g/mol. The van der Waals surface area contributed by atoms with E-state index in [4.69, 9.17) is 0 Å². The zero-order valence-corrected chi connectivity index (χ0v) is 12.1. The maximum atomic E-state index is 13.2. The molecule has 0 aliphatic rings.